The number of benzene rings is 2. The lowest BCUT2D eigenvalue weighted by atomic mass is 10.0. The number of rotatable bonds is 10. The molecule has 2 unspecified atom stereocenters. The molecule has 3 N–H and O–H groups in total. The minimum absolute atomic E-state index is 0.0773. The summed E-state index contributed by atoms with van der Waals surface area (Å²) < 4.78 is 22.3. The van der Waals surface area contributed by atoms with Crippen molar-refractivity contribution in [3.8, 4) is 23.0 Å². The predicted octanol–water partition coefficient (Wildman–Crippen LogP) is 2.62. The standard InChI is InChI=1S/C26H35N3O6S/c1-32-19-10-18(11-20(12-19)33-2)28-26(31)15-29-8-6-17(7-9-29)27-14-22(30)25-16-34-24-13-21(36-3)4-5-23(24)35-25/h4-5,10-13,17,22,25,27,30H,6-9,14-16H2,1-3H3,(H,28,31). The number of fused-ring (bicyclic) bond motifs is 1. The van der Waals surface area contributed by atoms with Crippen LogP contribution in [0, 0.1) is 0 Å². The zero-order valence-electron chi connectivity index (χ0n) is 21.0. The van der Waals surface area contributed by atoms with E-state index in [2.05, 4.69) is 15.5 Å². The molecule has 0 spiro atoms. The summed E-state index contributed by atoms with van der Waals surface area (Å²) in [6.45, 7) is 2.67. The number of ether oxygens (including phenoxy) is 4. The lowest BCUT2D eigenvalue weighted by molar-refractivity contribution is -0.117. The monoisotopic (exact) mass is 517 g/mol. The SMILES string of the molecule is COc1cc(NC(=O)CN2CCC(NCC(O)C3COc4cc(SC)ccc4O3)CC2)cc(OC)c1. The third kappa shape index (κ3) is 6.97. The number of carbonyl (C=O) groups excluding carboxylic acids is 1. The Balaban J connectivity index is 1.17. The van der Waals surface area contributed by atoms with Gasteiger partial charge < -0.3 is 34.7 Å². The molecule has 36 heavy (non-hydrogen) atoms. The maximum Gasteiger partial charge on any atom is 0.238 e. The van der Waals surface area contributed by atoms with Crippen molar-refractivity contribution in [1.29, 1.82) is 0 Å². The Morgan fingerprint density at radius 1 is 1.14 bits per heavy atom. The van der Waals surface area contributed by atoms with Gasteiger partial charge in [-0.05, 0) is 37.3 Å². The van der Waals surface area contributed by atoms with E-state index in [9.17, 15) is 9.90 Å². The number of amides is 1. The summed E-state index contributed by atoms with van der Waals surface area (Å²) in [7, 11) is 3.15. The van der Waals surface area contributed by atoms with Crippen LogP contribution in [0.2, 0.25) is 0 Å². The molecule has 10 heteroatoms. The van der Waals surface area contributed by atoms with Gasteiger partial charge in [-0.15, -0.1) is 11.8 Å². The van der Waals surface area contributed by atoms with Crippen molar-refractivity contribution in [1.82, 2.24) is 10.2 Å². The molecule has 2 heterocycles. The molecule has 4 rings (SSSR count). The van der Waals surface area contributed by atoms with Crippen molar-refractivity contribution in [2.45, 2.75) is 36.0 Å². The lowest BCUT2D eigenvalue weighted by Gasteiger charge is -2.34. The number of aliphatic hydroxyl groups excluding tert-OH is 1. The molecule has 2 aliphatic heterocycles. The van der Waals surface area contributed by atoms with Gasteiger partial charge in [0.25, 0.3) is 0 Å². The summed E-state index contributed by atoms with van der Waals surface area (Å²) in [6.07, 6.45) is 2.72. The third-order valence-corrected chi connectivity index (χ3v) is 7.19. The highest BCUT2D eigenvalue weighted by molar-refractivity contribution is 7.98. The number of aliphatic hydroxyl groups is 1. The predicted molar refractivity (Wildman–Crippen MR) is 140 cm³/mol. The Bertz CT molecular complexity index is 1010. The van der Waals surface area contributed by atoms with Crippen molar-refractivity contribution < 1.29 is 28.8 Å². The van der Waals surface area contributed by atoms with Gasteiger partial charge in [0.1, 0.15) is 24.2 Å². The first-order chi connectivity index (χ1) is 17.5. The number of likely N-dealkylation sites (tertiary alicyclic amines) is 1. The average molecular weight is 518 g/mol. The highest BCUT2D eigenvalue weighted by atomic mass is 32.2. The number of anilines is 1. The van der Waals surface area contributed by atoms with E-state index in [0.717, 1.165) is 36.6 Å². The smallest absolute Gasteiger partial charge is 0.238 e. The van der Waals surface area contributed by atoms with Crippen LogP contribution in [0.4, 0.5) is 5.69 Å². The molecule has 1 fully saturated rings. The molecule has 2 aromatic rings. The molecule has 2 aromatic carbocycles. The molecule has 0 aliphatic carbocycles. The first kappa shape index (κ1) is 26.4. The second-order valence-corrected chi connectivity index (χ2v) is 9.84. The summed E-state index contributed by atoms with van der Waals surface area (Å²) in [5.41, 5.74) is 0.642. The minimum atomic E-state index is -0.679. The summed E-state index contributed by atoms with van der Waals surface area (Å²) in [5, 5.41) is 17.0. The van der Waals surface area contributed by atoms with Crippen molar-refractivity contribution in [2.75, 3.05) is 58.6 Å². The molecule has 0 bridgehead atoms. The normalized spacial score (nSPS) is 18.9. The van der Waals surface area contributed by atoms with Crippen LogP contribution in [0.5, 0.6) is 23.0 Å². The van der Waals surface area contributed by atoms with Crippen LogP contribution in [0.25, 0.3) is 0 Å². The first-order valence-corrected chi connectivity index (χ1v) is 13.3. The second kappa shape index (κ2) is 12.5. The maximum atomic E-state index is 12.6. The van der Waals surface area contributed by atoms with Gasteiger partial charge >= 0.3 is 0 Å². The first-order valence-electron chi connectivity index (χ1n) is 12.1. The van der Waals surface area contributed by atoms with E-state index >= 15 is 0 Å². The van der Waals surface area contributed by atoms with E-state index in [4.69, 9.17) is 18.9 Å². The Morgan fingerprint density at radius 3 is 2.53 bits per heavy atom. The Kier molecular flexibility index (Phi) is 9.19. The van der Waals surface area contributed by atoms with E-state index < -0.39 is 12.2 Å². The van der Waals surface area contributed by atoms with Gasteiger partial charge in [0, 0.05) is 54.5 Å². The molecular weight excluding hydrogens is 482 g/mol. The van der Waals surface area contributed by atoms with E-state index in [1.807, 2.05) is 24.5 Å². The molecule has 2 atom stereocenters. The Hall–Kier alpha value is -2.66. The lowest BCUT2D eigenvalue weighted by Crippen LogP contribution is -2.50. The number of hydrogen-bond donors (Lipinski definition) is 3. The van der Waals surface area contributed by atoms with Gasteiger partial charge in [0.15, 0.2) is 17.6 Å². The van der Waals surface area contributed by atoms with Crippen LogP contribution in [0.3, 0.4) is 0 Å². The van der Waals surface area contributed by atoms with E-state index in [1.54, 1.807) is 44.2 Å². The molecular formula is C26H35N3O6S. The average Bonchev–Trinajstić information content (AvgIpc) is 2.91. The van der Waals surface area contributed by atoms with E-state index in [1.165, 1.54) is 0 Å². The zero-order chi connectivity index (χ0) is 25.5. The molecule has 1 amide bonds. The highest BCUT2D eigenvalue weighted by Crippen LogP contribution is 2.35. The van der Waals surface area contributed by atoms with Crippen LogP contribution < -0.4 is 29.6 Å². The van der Waals surface area contributed by atoms with Gasteiger partial charge in [0.2, 0.25) is 5.91 Å². The summed E-state index contributed by atoms with van der Waals surface area (Å²) in [4.78, 5) is 15.8. The topological polar surface area (TPSA) is 102 Å². The number of thioether (sulfide) groups is 1. The molecule has 9 nitrogen and oxygen atoms in total. The van der Waals surface area contributed by atoms with Crippen molar-refractivity contribution in [2.24, 2.45) is 0 Å². The van der Waals surface area contributed by atoms with Gasteiger partial charge in [0.05, 0.1) is 20.8 Å². The number of methoxy groups -OCH3 is 2. The fourth-order valence-electron chi connectivity index (χ4n) is 4.38. The van der Waals surface area contributed by atoms with Crippen LogP contribution in [0.1, 0.15) is 12.8 Å². The molecule has 0 aromatic heterocycles. The number of hydrogen-bond acceptors (Lipinski definition) is 9. The van der Waals surface area contributed by atoms with Gasteiger partial charge in [-0.3, -0.25) is 9.69 Å². The van der Waals surface area contributed by atoms with Gasteiger partial charge in [-0.25, -0.2) is 0 Å². The van der Waals surface area contributed by atoms with Crippen molar-refractivity contribution in [3.63, 3.8) is 0 Å². The van der Waals surface area contributed by atoms with Gasteiger partial charge in [-0.2, -0.15) is 0 Å². The summed E-state index contributed by atoms with van der Waals surface area (Å²) >= 11 is 1.65. The Morgan fingerprint density at radius 2 is 1.86 bits per heavy atom. The van der Waals surface area contributed by atoms with Gasteiger partial charge in [-0.1, -0.05) is 0 Å². The van der Waals surface area contributed by atoms with Crippen LogP contribution in [-0.4, -0.2) is 87.4 Å². The fourth-order valence-corrected chi connectivity index (χ4v) is 4.81. The third-order valence-electron chi connectivity index (χ3n) is 6.47. The van der Waals surface area contributed by atoms with Crippen LogP contribution >= 0.6 is 11.8 Å². The number of nitrogens with zero attached hydrogens (tertiary/aromatic N) is 1. The number of nitrogens with one attached hydrogen (secondary N) is 2. The number of carbonyl (C=O) groups is 1. The maximum absolute atomic E-state index is 12.6. The van der Waals surface area contributed by atoms with E-state index in [0.29, 0.717) is 42.6 Å². The number of piperidine rings is 1. The van der Waals surface area contributed by atoms with Crippen molar-refractivity contribution >= 4 is 23.4 Å². The molecule has 0 saturated carbocycles. The highest BCUT2D eigenvalue weighted by Gasteiger charge is 2.29. The Labute approximate surface area is 216 Å². The minimum Gasteiger partial charge on any atom is -0.497 e. The zero-order valence-corrected chi connectivity index (χ0v) is 21.8. The molecule has 196 valence electrons. The molecule has 2 aliphatic rings. The van der Waals surface area contributed by atoms with Crippen LogP contribution in [0.15, 0.2) is 41.3 Å². The quantitative estimate of drug-likeness (QED) is 0.411. The molecule has 1 saturated heterocycles. The van der Waals surface area contributed by atoms with Crippen LogP contribution in [-0.2, 0) is 4.79 Å². The fraction of sp³-hybridized carbons (Fsp3) is 0.500. The molecule has 0 radical (unpaired) electrons. The van der Waals surface area contributed by atoms with E-state index in [-0.39, 0.29) is 11.9 Å². The summed E-state index contributed by atoms with van der Waals surface area (Å²) in [6, 6.07) is 11.4. The summed E-state index contributed by atoms with van der Waals surface area (Å²) in [5.74, 6) is 2.56. The largest absolute Gasteiger partial charge is 0.497 e. The van der Waals surface area contributed by atoms with Crippen molar-refractivity contribution in [3.05, 3.63) is 36.4 Å². The second-order valence-electron chi connectivity index (χ2n) is 8.96.